The normalized spacial score (nSPS) is 11.7. The first kappa shape index (κ1) is 51.8. The predicted octanol–water partition coefficient (Wildman–Crippen LogP) is 3.00. The summed E-state index contributed by atoms with van der Waals surface area (Å²) in [4.78, 5) is 24.4. The first-order valence-electron chi connectivity index (χ1n) is 19.6. The number of aliphatic hydroxyl groups excluding tert-OH is 1. The summed E-state index contributed by atoms with van der Waals surface area (Å²) in [5.74, 6) is -0.209. The third-order valence-electron chi connectivity index (χ3n) is 9.30. The molecule has 0 aliphatic heterocycles. The SMILES string of the molecule is CCCCCCCCCCCCCC(=O)OCC[N+](C)(C)CC(O)C[N+](C)(C)CCOC(=O)CCCCCCCCCCCCC.[Cl-].[Cl-]. The number of likely N-dealkylation sites (N-methyl/N-ethyl adjacent to an activating group) is 2. The largest absolute Gasteiger partial charge is 1.00 e. The number of unbranched alkanes of at least 4 members (excludes halogenated alkanes) is 20. The Morgan fingerprint density at radius 1 is 0.479 bits per heavy atom. The van der Waals surface area contributed by atoms with Crippen LogP contribution in [-0.4, -0.2) is 99.7 Å². The van der Waals surface area contributed by atoms with E-state index >= 15 is 0 Å². The second-order valence-corrected chi connectivity index (χ2v) is 15.3. The Bertz CT molecular complexity index is 666. The number of hydrogen-bond acceptors (Lipinski definition) is 5. The fraction of sp³-hybridized carbons (Fsp3) is 0.949. The summed E-state index contributed by atoms with van der Waals surface area (Å²) in [5.41, 5.74) is 0. The molecule has 0 atom stereocenters. The molecule has 0 radical (unpaired) electrons. The van der Waals surface area contributed by atoms with Crippen molar-refractivity contribution in [1.82, 2.24) is 0 Å². The van der Waals surface area contributed by atoms with E-state index in [4.69, 9.17) is 9.47 Å². The van der Waals surface area contributed by atoms with Crippen molar-refractivity contribution in [3.05, 3.63) is 0 Å². The number of quaternary nitrogens is 2. The van der Waals surface area contributed by atoms with Crippen molar-refractivity contribution in [2.24, 2.45) is 0 Å². The number of aliphatic hydroxyl groups is 1. The molecular weight excluding hydrogens is 647 g/mol. The van der Waals surface area contributed by atoms with Gasteiger partial charge in [0.15, 0.2) is 6.10 Å². The van der Waals surface area contributed by atoms with Gasteiger partial charge in [-0.1, -0.05) is 142 Å². The molecule has 0 aromatic rings. The molecule has 0 spiro atoms. The summed E-state index contributed by atoms with van der Waals surface area (Å²) in [7, 11) is 8.27. The van der Waals surface area contributed by atoms with E-state index in [-0.39, 0.29) is 36.8 Å². The maximum absolute atomic E-state index is 12.2. The molecule has 7 nitrogen and oxygen atoms in total. The molecule has 0 aromatic carbocycles. The molecule has 0 aliphatic rings. The van der Waals surface area contributed by atoms with Gasteiger partial charge >= 0.3 is 11.9 Å². The van der Waals surface area contributed by atoms with Crippen LogP contribution in [-0.2, 0) is 19.1 Å². The molecule has 0 saturated heterocycles. The number of hydrogen-bond donors (Lipinski definition) is 1. The van der Waals surface area contributed by atoms with Crippen molar-refractivity contribution in [3.63, 3.8) is 0 Å². The monoisotopic (exact) mass is 727 g/mol. The molecular formula is C39H80Cl2N2O5. The number of ether oxygens (including phenoxy) is 2. The Morgan fingerprint density at radius 3 is 1.00 bits per heavy atom. The lowest BCUT2D eigenvalue weighted by molar-refractivity contribution is -0.914. The number of rotatable bonds is 34. The number of halogens is 2. The van der Waals surface area contributed by atoms with Crippen LogP contribution < -0.4 is 24.8 Å². The van der Waals surface area contributed by atoms with Crippen LogP contribution in [0.3, 0.4) is 0 Å². The van der Waals surface area contributed by atoms with Crippen LogP contribution in [0, 0.1) is 0 Å². The Balaban J connectivity index is -0.0000101. The first-order chi connectivity index (χ1) is 22.0. The molecule has 290 valence electrons. The highest BCUT2D eigenvalue weighted by Gasteiger charge is 2.27. The number of carbonyl (C=O) groups excluding carboxylic acids is 2. The zero-order valence-electron chi connectivity index (χ0n) is 32.5. The molecule has 0 amide bonds. The third-order valence-corrected chi connectivity index (χ3v) is 9.30. The highest BCUT2D eigenvalue weighted by molar-refractivity contribution is 5.69. The molecule has 0 heterocycles. The molecule has 0 rings (SSSR count). The van der Waals surface area contributed by atoms with Gasteiger partial charge in [-0.3, -0.25) is 9.59 Å². The minimum absolute atomic E-state index is 0. The van der Waals surface area contributed by atoms with Crippen LogP contribution >= 0.6 is 0 Å². The van der Waals surface area contributed by atoms with Gasteiger partial charge in [-0.15, -0.1) is 0 Å². The molecule has 0 bridgehead atoms. The summed E-state index contributed by atoms with van der Waals surface area (Å²) in [6.45, 7) is 7.78. The Hall–Kier alpha value is -0.600. The Labute approximate surface area is 310 Å². The van der Waals surface area contributed by atoms with Crippen LogP contribution in [0.4, 0.5) is 0 Å². The van der Waals surface area contributed by atoms with Crippen LogP contribution in [0.25, 0.3) is 0 Å². The molecule has 0 saturated carbocycles. The van der Waals surface area contributed by atoms with Gasteiger partial charge in [-0.05, 0) is 12.8 Å². The van der Waals surface area contributed by atoms with Gasteiger partial charge in [-0.25, -0.2) is 0 Å². The minimum Gasteiger partial charge on any atom is -1.00 e. The maximum atomic E-state index is 12.2. The topological polar surface area (TPSA) is 72.8 Å². The van der Waals surface area contributed by atoms with Crippen molar-refractivity contribution in [3.8, 4) is 0 Å². The van der Waals surface area contributed by atoms with E-state index < -0.39 is 6.10 Å². The van der Waals surface area contributed by atoms with Crippen molar-refractivity contribution in [2.75, 3.05) is 67.6 Å². The quantitative estimate of drug-likeness (QED) is 0.0628. The van der Waals surface area contributed by atoms with Gasteiger partial charge < -0.3 is 48.4 Å². The Kier molecular flexibility index (Phi) is 37.6. The van der Waals surface area contributed by atoms with Crippen molar-refractivity contribution >= 4 is 11.9 Å². The third kappa shape index (κ3) is 36.7. The summed E-state index contributed by atoms with van der Waals surface area (Å²) < 4.78 is 12.2. The van der Waals surface area contributed by atoms with E-state index in [1.165, 1.54) is 116 Å². The van der Waals surface area contributed by atoms with Crippen LogP contribution in [0.5, 0.6) is 0 Å². The van der Waals surface area contributed by atoms with Gasteiger partial charge in [0.1, 0.15) is 39.4 Å². The lowest BCUT2D eigenvalue weighted by Gasteiger charge is -2.35. The molecule has 9 heteroatoms. The highest BCUT2D eigenvalue weighted by Crippen LogP contribution is 2.14. The lowest BCUT2D eigenvalue weighted by atomic mass is 10.1. The average Bonchev–Trinajstić information content (AvgIpc) is 2.97. The summed E-state index contributed by atoms with van der Waals surface area (Å²) in [6.07, 6.45) is 28.4. The number of carbonyl (C=O) groups is 2. The van der Waals surface area contributed by atoms with E-state index in [1.54, 1.807) is 0 Å². The lowest BCUT2D eigenvalue weighted by Crippen LogP contribution is -3.00. The molecule has 1 N–H and O–H groups in total. The van der Waals surface area contributed by atoms with E-state index in [9.17, 15) is 14.7 Å². The molecule has 0 aromatic heterocycles. The van der Waals surface area contributed by atoms with Gasteiger partial charge in [0, 0.05) is 12.8 Å². The van der Waals surface area contributed by atoms with Gasteiger partial charge in [0.25, 0.3) is 0 Å². The summed E-state index contributed by atoms with van der Waals surface area (Å²) in [6, 6.07) is 0. The number of nitrogens with zero attached hydrogens (tertiary/aromatic N) is 2. The van der Waals surface area contributed by atoms with Gasteiger partial charge in [-0.2, -0.15) is 0 Å². The number of esters is 2. The van der Waals surface area contributed by atoms with Crippen LogP contribution in [0.1, 0.15) is 168 Å². The molecule has 0 unspecified atom stereocenters. The van der Waals surface area contributed by atoms with Crippen LogP contribution in [0.2, 0.25) is 0 Å². The highest BCUT2D eigenvalue weighted by atomic mass is 35.5. The second kappa shape index (κ2) is 34.8. The second-order valence-electron chi connectivity index (χ2n) is 15.3. The maximum Gasteiger partial charge on any atom is 0.305 e. The zero-order chi connectivity index (χ0) is 34.4. The minimum atomic E-state index is -0.496. The molecule has 0 aliphatic carbocycles. The van der Waals surface area contributed by atoms with Crippen molar-refractivity contribution in [1.29, 1.82) is 0 Å². The molecule has 0 fully saturated rings. The molecule has 48 heavy (non-hydrogen) atoms. The van der Waals surface area contributed by atoms with Gasteiger partial charge in [0.2, 0.25) is 0 Å². The van der Waals surface area contributed by atoms with Crippen molar-refractivity contribution < 1.29 is 57.9 Å². The van der Waals surface area contributed by atoms with Gasteiger partial charge in [0.05, 0.1) is 28.2 Å². The smallest absolute Gasteiger partial charge is 0.305 e. The predicted molar refractivity (Wildman–Crippen MR) is 194 cm³/mol. The summed E-state index contributed by atoms with van der Waals surface area (Å²) >= 11 is 0. The van der Waals surface area contributed by atoms with E-state index in [0.29, 0.717) is 61.2 Å². The standard InChI is InChI=1S/C39H80N2O5.2ClH/c1-7-9-11-13-15-17-19-21-23-25-27-29-38(43)45-33-31-40(3,4)35-37(42)36-41(5,6)32-34-46-39(44)30-28-26-24-22-20-18-16-14-12-10-8-2;;/h37,42H,7-36H2,1-6H3;2*1H/q+2;;/p-2. The van der Waals surface area contributed by atoms with Crippen LogP contribution in [0.15, 0.2) is 0 Å². The van der Waals surface area contributed by atoms with Crippen molar-refractivity contribution in [2.45, 2.75) is 174 Å². The fourth-order valence-electron chi connectivity index (χ4n) is 6.21. The Morgan fingerprint density at radius 2 is 0.729 bits per heavy atom. The first-order valence-corrected chi connectivity index (χ1v) is 19.6. The zero-order valence-corrected chi connectivity index (χ0v) is 34.0. The van der Waals surface area contributed by atoms with E-state index in [0.717, 1.165) is 25.7 Å². The average molecular weight is 728 g/mol. The fourth-order valence-corrected chi connectivity index (χ4v) is 6.21. The van der Waals surface area contributed by atoms with E-state index in [2.05, 4.69) is 42.0 Å². The van der Waals surface area contributed by atoms with E-state index in [1.807, 2.05) is 0 Å². The summed E-state index contributed by atoms with van der Waals surface area (Å²) in [5, 5.41) is 10.8.